The van der Waals surface area contributed by atoms with Crippen LogP contribution in [0.1, 0.15) is 63.3 Å². The highest BCUT2D eigenvalue weighted by molar-refractivity contribution is 7.16. The van der Waals surface area contributed by atoms with Crippen molar-refractivity contribution in [2.24, 2.45) is 0 Å². The van der Waals surface area contributed by atoms with Gasteiger partial charge in [0.05, 0.1) is 11.1 Å². The molecule has 0 radical (unpaired) electrons. The number of carbonyl (C=O) groups is 2. The highest BCUT2D eigenvalue weighted by Crippen LogP contribution is 2.33. The van der Waals surface area contributed by atoms with E-state index in [4.69, 9.17) is 0 Å². The standard InChI is InChI=1S/C19H23N3O2S/c1-12-13(2)25-19(22-17(23)14-7-6-10-20-11-14)16(12)18(24)21-15-8-4-3-5-9-15/h6-7,10-11,15H,3-5,8-9H2,1-2H3,(H,21,24)(H,22,23). The van der Waals surface area contributed by atoms with Crippen LogP contribution in [0.4, 0.5) is 5.00 Å². The zero-order valence-corrected chi connectivity index (χ0v) is 15.4. The summed E-state index contributed by atoms with van der Waals surface area (Å²) in [5.41, 5.74) is 2.00. The van der Waals surface area contributed by atoms with E-state index in [-0.39, 0.29) is 17.9 Å². The van der Waals surface area contributed by atoms with E-state index in [1.165, 1.54) is 24.0 Å². The van der Waals surface area contributed by atoms with Gasteiger partial charge in [-0.3, -0.25) is 14.6 Å². The summed E-state index contributed by atoms with van der Waals surface area (Å²) in [4.78, 5) is 30.2. The lowest BCUT2D eigenvalue weighted by Gasteiger charge is -2.23. The van der Waals surface area contributed by atoms with Crippen LogP contribution in [0.2, 0.25) is 0 Å². The maximum absolute atomic E-state index is 12.8. The van der Waals surface area contributed by atoms with Gasteiger partial charge in [-0.15, -0.1) is 11.3 Å². The van der Waals surface area contributed by atoms with Crippen molar-refractivity contribution in [1.29, 1.82) is 0 Å². The third-order valence-corrected chi connectivity index (χ3v) is 5.83. The Bertz CT molecular complexity index is 764. The lowest BCUT2D eigenvalue weighted by Crippen LogP contribution is -2.36. The van der Waals surface area contributed by atoms with Crippen LogP contribution < -0.4 is 10.6 Å². The number of thiophene rings is 1. The van der Waals surface area contributed by atoms with E-state index in [0.717, 1.165) is 36.1 Å². The molecule has 2 aromatic rings. The molecule has 0 atom stereocenters. The maximum atomic E-state index is 12.8. The highest BCUT2D eigenvalue weighted by atomic mass is 32.1. The van der Waals surface area contributed by atoms with Crippen molar-refractivity contribution in [2.45, 2.75) is 52.0 Å². The van der Waals surface area contributed by atoms with E-state index >= 15 is 0 Å². The fourth-order valence-corrected chi connectivity index (χ4v) is 4.22. The molecule has 0 bridgehead atoms. The number of nitrogens with one attached hydrogen (secondary N) is 2. The lowest BCUT2D eigenvalue weighted by atomic mass is 9.95. The molecule has 0 spiro atoms. The predicted octanol–water partition coefficient (Wildman–Crippen LogP) is 4.07. The number of carbonyl (C=O) groups excluding carboxylic acids is 2. The van der Waals surface area contributed by atoms with Crippen molar-refractivity contribution in [3.8, 4) is 0 Å². The smallest absolute Gasteiger partial charge is 0.257 e. The molecule has 2 N–H and O–H groups in total. The Balaban J connectivity index is 1.79. The van der Waals surface area contributed by atoms with Crippen molar-refractivity contribution in [1.82, 2.24) is 10.3 Å². The van der Waals surface area contributed by atoms with Gasteiger partial charge in [0.2, 0.25) is 0 Å². The van der Waals surface area contributed by atoms with Crippen LogP contribution in [0.3, 0.4) is 0 Å². The molecular formula is C19H23N3O2S. The molecule has 0 saturated heterocycles. The third-order valence-electron chi connectivity index (χ3n) is 4.70. The molecule has 1 aliphatic carbocycles. The first-order valence-corrected chi connectivity index (χ1v) is 9.50. The van der Waals surface area contributed by atoms with E-state index in [0.29, 0.717) is 16.1 Å². The molecule has 0 unspecified atom stereocenters. The second-order valence-electron chi connectivity index (χ2n) is 6.49. The van der Waals surface area contributed by atoms with Gasteiger partial charge in [0.1, 0.15) is 5.00 Å². The Morgan fingerprint density at radius 1 is 1.16 bits per heavy atom. The molecular weight excluding hydrogens is 334 g/mol. The van der Waals surface area contributed by atoms with Crippen molar-refractivity contribution in [3.63, 3.8) is 0 Å². The quantitative estimate of drug-likeness (QED) is 0.866. The number of hydrogen-bond donors (Lipinski definition) is 2. The zero-order chi connectivity index (χ0) is 17.8. The molecule has 132 valence electrons. The Labute approximate surface area is 151 Å². The first kappa shape index (κ1) is 17.6. The van der Waals surface area contributed by atoms with Crippen LogP contribution in [-0.4, -0.2) is 22.8 Å². The number of aryl methyl sites for hydroxylation is 1. The maximum Gasteiger partial charge on any atom is 0.257 e. The number of rotatable bonds is 4. The Morgan fingerprint density at radius 3 is 2.60 bits per heavy atom. The molecule has 2 heterocycles. The van der Waals surface area contributed by atoms with Gasteiger partial charge in [0.15, 0.2) is 0 Å². The van der Waals surface area contributed by atoms with Gasteiger partial charge in [-0.1, -0.05) is 19.3 Å². The highest BCUT2D eigenvalue weighted by Gasteiger charge is 2.24. The topological polar surface area (TPSA) is 71.1 Å². The summed E-state index contributed by atoms with van der Waals surface area (Å²) in [6, 6.07) is 3.66. The van der Waals surface area contributed by atoms with Crippen LogP contribution in [0.5, 0.6) is 0 Å². The van der Waals surface area contributed by atoms with E-state index in [2.05, 4.69) is 15.6 Å². The number of amides is 2. The van der Waals surface area contributed by atoms with E-state index in [9.17, 15) is 9.59 Å². The van der Waals surface area contributed by atoms with Gasteiger partial charge in [0.25, 0.3) is 11.8 Å². The minimum atomic E-state index is -0.249. The molecule has 1 fully saturated rings. The predicted molar refractivity (Wildman–Crippen MR) is 100 cm³/mol. The minimum absolute atomic E-state index is 0.0877. The summed E-state index contributed by atoms with van der Waals surface area (Å²) in [5, 5.41) is 6.64. The van der Waals surface area contributed by atoms with Crippen LogP contribution >= 0.6 is 11.3 Å². The second kappa shape index (κ2) is 7.78. The summed E-state index contributed by atoms with van der Waals surface area (Å²) >= 11 is 1.44. The van der Waals surface area contributed by atoms with Crippen molar-refractivity contribution < 1.29 is 9.59 Å². The van der Waals surface area contributed by atoms with Crippen LogP contribution in [0.25, 0.3) is 0 Å². The van der Waals surface area contributed by atoms with Crippen LogP contribution in [0.15, 0.2) is 24.5 Å². The van der Waals surface area contributed by atoms with Crippen molar-refractivity contribution >= 4 is 28.2 Å². The Kier molecular flexibility index (Phi) is 5.48. The van der Waals surface area contributed by atoms with E-state index < -0.39 is 0 Å². The summed E-state index contributed by atoms with van der Waals surface area (Å²) in [6.07, 6.45) is 8.78. The first-order valence-electron chi connectivity index (χ1n) is 8.68. The van der Waals surface area contributed by atoms with Crippen molar-refractivity contribution in [3.05, 3.63) is 46.1 Å². The van der Waals surface area contributed by atoms with Crippen LogP contribution in [-0.2, 0) is 0 Å². The van der Waals surface area contributed by atoms with Gasteiger partial charge in [-0.2, -0.15) is 0 Å². The van der Waals surface area contributed by atoms with Gasteiger partial charge in [-0.25, -0.2) is 0 Å². The van der Waals surface area contributed by atoms with Gasteiger partial charge < -0.3 is 10.6 Å². The monoisotopic (exact) mass is 357 g/mol. The lowest BCUT2D eigenvalue weighted by molar-refractivity contribution is 0.0928. The Hall–Kier alpha value is -2.21. The van der Waals surface area contributed by atoms with Crippen LogP contribution in [0, 0.1) is 13.8 Å². The third kappa shape index (κ3) is 4.07. The number of nitrogens with zero attached hydrogens (tertiary/aromatic N) is 1. The molecule has 1 saturated carbocycles. The fraction of sp³-hybridized carbons (Fsp3) is 0.421. The van der Waals surface area contributed by atoms with E-state index in [1.807, 2.05) is 13.8 Å². The molecule has 25 heavy (non-hydrogen) atoms. The molecule has 3 rings (SSSR count). The number of hydrogen-bond acceptors (Lipinski definition) is 4. The summed E-state index contributed by atoms with van der Waals surface area (Å²) in [7, 11) is 0. The number of anilines is 1. The second-order valence-corrected chi connectivity index (χ2v) is 7.72. The molecule has 2 amide bonds. The van der Waals surface area contributed by atoms with Gasteiger partial charge >= 0.3 is 0 Å². The minimum Gasteiger partial charge on any atom is -0.349 e. The average Bonchev–Trinajstić information content (AvgIpc) is 2.90. The molecule has 6 heteroatoms. The van der Waals surface area contributed by atoms with Crippen molar-refractivity contribution in [2.75, 3.05) is 5.32 Å². The fourth-order valence-electron chi connectivity index (χ4n) is 3.17. The molecule has 1 aliphatic rings. The summed E-state index contributed by atoms with van der Waals surface area (Å²) in [6.45, 7) is 3.90. The molecule has 5 nitrogen and oxygen atoms in total. The zero-order valence-electron chi connectivity index (χ0n) is 14.6. The number of aromatic nitrogens is 1. The summed E-state index contributed by atoms with van der Waals surface area (Å²) in [5.74, 6) is -0.337. The number of pyridine rings is 1. The molecule has 0 aromatic carbocycles. The summed E-state index contributed by atoms with van der Waals surface area (Å²) < 4.78 is 0. The average molecular weight is 357 g/mol. The Morgan fingerprint density at radius 2 is 1.92 bits per heavy atom. The molecule has 2 aromatic heterocycles. The van der Waals surface area contributed by atoms with Gasteiger partial charge in [-0.05, 0) is 44.4 Å². The SMILES string of the molecule is Cc1sc(NC(=O)c2cccnc2)c(C(=O)NC2CCCCC2)c1C. The molecule has 0 aliphatic heterocycles. The normalized spacial score (nSPS) is 15.0. The largest absolute Gasteiger partial charge is 0.349 e. The van der Waals surface area contributed by atoms with E-state index in [1.54, 1.807) is 18.3 Å². The van der Waals surface area contributed by atoms with Gasteiger partial charge in [0, 0.05) is 23.3 Å². The first-order chi connectivity index (χ1) is 12.1.